The van der Waals surface area contributed by atoms with Gasteiger partial charge in [-0.1, -0.05) is 34.1 Å². The van der Waals surface area contributed by atoms with Crippen LogP contribution in [-0.4, -0.2) is 34.6 Å². The molecular formula is C25H27BrN2O. The molecule has 3 nitrogen and oxygen atoms in total. The van der Waals surface area contributed by atoms with Crippen LogP contribution in [0.3, 0.4) is 0 Å². The summed E-state index contributed by atoms with van der Waals surface area (Å²) in [6, 6.07) is 14.7. The first-order valence-electron chi connectivity index (χ1n) is 10.9. The van der Waals surface area contributed by atoms with Crippen LogP contribution in [-0.2, 0) is 18.3 Å². The molecule has 2 N–H and O–H groups in total. The highest BCUT2D eigenvalue weighted by atomic mass is 79.9. The van der Waals surface area contributed by atoms with Crippen molar-refractivity contribution in [3.63, 3.8) is 0 Å². The zero-order valence-corrected chi connectivity index (χ0v) is 18.2. The Labute approximate surface area is 180 Å². The number of aromatic nitrogens is 1. The summed E-state index contributed by atoms with van der Waals surface area (Å²) in [5.74, 6) is 1.92. The molecule has 1 aliphatic heterocycles. The van der Waals surface area contributed by atoms with Crippen molar-refractivity contribution in [1.82, 2.24) is 9.88 Å². The van der Waals surface area contributed by atoms with Crippen molar-refractivity contribution in [1.29, 1.82) is 0 Å². The molecule has 2 aliphatic carbocycles. The van der Waals surface area contributed by atoms with Gasteiger partial charge in [0.1, 0.15) is 5.75 Å². The van der Waals surface area contributed by atoms with E-state index in [1.54, 1.807) is 6.07 Å². The quantitative estimate of drug-likeness (QED) is 0.560. The van der Waals surface area contributed by atoms with Crippen LogP contribution in [0.15, 0.2) is 46.9 Å². The Morgan fingerprint density at radius 2 is 2.07 bits per heavy atom. The van der Waals surface area contributed by atoms with Gasteiger partial charge in [0.25, 0.3) is 0 Å². The van der Waals surface area contributed by atoms with Gasteiger partial charge in [-0.3, -0.25) is 0 Å². The van der Waals surface area contributed by atoms with E-state index >= 15 is 0 Å². The summed E-state index contributed by atoms with van der Waals surface area (Å²) in [6.45, 7) is 3.62. The fourth-order valence-electron chi connectivity index (χ4n) is 5.99. The average Bonchev–Trinajstić information content (AvgIpc) is 3.45. The summed E-state index contributed by atoms with van der Waals surface area (Å²) in [5, 5.41) is 11.6. The number of nitrogens with zero attached hydrogens (tertiary/aromatic N) is 1. The van der Waals surface area contributed by atoms with Gasteiger partial charge in [-0.2, -0.15) is 0 Å². The van der Waals surface area contributed by atoms with E-state index in [0.29, 0.717) is 11.7 Å². The zero-order chi connectivity index (χ0) is 19.6. The Morgan fingerprint density at radius 3 is 2.90 bits per heavy atom. The summed E-state index contributed by atoms with van der Waals surface area (Å²) in [5.41, 5.74) is 5.59. The van der Waals surface area contributed by atoms with E-state index in [1.165, 1.54) is 66.6 Å². The third kappa shape index (κ3) is 3.03. The second kappa shape index (κ2) is 6.61. The molecule has 1 unspecified atom stereocenters. The minimum absolute atomic E-state index is 0.115. The molecule has 29 heavy (non-hydrogen) atoms. The van der Waals surface area contributed by atoms with Crippen LogP contribution in [0.25, 0.3) is 10.9 Å². The van der Waals surface area contributed by atoms with Gasteiger partial charge in [0.05, 0.1) is 0 Å². The summed E-state index contributed by atoms with van der Waals surface area (Å²) >= 11 is 3.62. The lowest BCUT2D eigenvalue weighted by Crippen LogP contribution is -2.54. The normalized spacial score (nSPS) is 27.0. The van der Waals surface area contributed by atoms with Crippen molar-refractivity contribution in [2.45, 2.75) is 37.5 Å². The van der Waals surface area contributed by atoms with Crippen LogP contribution in [0.5, 0.6) is 5.75 Å². The maximum Gasteiger partial charge on any atom is 0.115 e. The Balaban J connectivity index is 1.44. The largest absolute Gasteiger partial charge is 0.508 e. The molecule has 2 atom stereocenters. The standard InChI is InChI=1S/C25H27BrN2O/c26-19-6-7-21-22-11-18-15-28(14-16-4-5-16)9-8-25(18,13-24(22)27-23(21)12-19)17-2-1-3-20(29)10-17/h1-3,6-7,10,12,16,18,27,29H,4-5,8-9,11,13-15H2/t18?,25-/m1/s1. The van der Waals surface area contributed by atoms with Crippen LogP contribution in [0, 0.1) is 11.8 Å². The Bertz CT molecular complexity index is 1090. The van der Waals surface area contributed by atoms with Crippen LogP contribution in [0.4, 0.5) is 0 Å². The summed E-state index contributed by atoms with van der Waals surface area (Å²) in [6.07, 6.45) is 6.17. The molecule has 1 saturated heterocycles. The topological polar surface area (TPSA) is 39.3 Å². The van der Waals surface area contributed by atoms with Gasteiger partial charge >= 0.3 is 0 Å². The highest BCUT2D eigenvalue weighted by Gasteiger charge is 2.48. The van der Waals surface area contributed by atoms with Crippen LogP contribution in [0.2, 0.25) is 0 Å². The predicted octanol–water partition coefficient (Wildman–Crippen LogP) is 5.40. The molecule has 0 bridgehead atoms. The van der Waals surface area contributed by atoms with Gasteiger partial charge in [-0.05, 0) is 85.9 Å². The molecule has 6 rings (SSSR count). The molecule has 4 heteroatoms. The molecule has 3 aliphatic rings. The number of aromatic amines is 1. The molecule has 2 heterocycles. The van der Waals surface area contributed by atoms with Gasteiger partial charge in [0.2, 0.25) is 0 Å². The molecule has 2 aromatic carbocycles. The first kappa shape index (κ1) is 18.0. The minimum atomic E-state index is 0.115. The van der Waals surface area contributed by atoms with E-state index in [0.717, 1.165) is 23.2 Å². The molecule has 1 saturated carbocycles. The first-order valence-corrected chi connectivity index (χ1v) is 11.7. The summed E-state index contributed by atoms with van der Waals surface area (Å²) < 4.78 is 1.12. The molecular weight excluding hydrogens is 424 g/mol. The second-order valence-corrected chi connectivity index (χ2v) is 10.4. The number of phenolic OH excluding ortho intramolecular Hbond substituents is 1. The van der Waals surface area contributed by atoms with E-state index in [9.17, 15) is 5.11 Å². The van der Waals surface area contributed by atoms with Crippen molar-refractivity contribution >= 4 is 26.8 Å². The summed E-state index contributed by atoms with van der Waals surface area (Å²) in [4.78, 5) is 6.47. The maximum atomic E-state index is 10.2. The zero-order valence-electron chi connectivity index (χ0n) is 16.6. The predicted molar refractivity (Wildman–Crippen MR) is 120 cm³/mol. The van der Waals surface area contributed by atoms with Crippen LogP contribution < -0.4 is 0 Å². The first-order chi connectivity index (χ1) is 14.1. The Hall–Kier alpha value is -1.78. The average molecular weight is 451 g/mol. The van der Waals surface area contributed by atoms with Crippen molar-refractivity contribution in [2.75, 3.05) is 19.6 Å². The number of hydrogen-bond donors (Lipinski definition) is 2. The van der Waals surface area contributed by atoms with Gasteiger partial charge < -0.3 is 15.0 Å². The van der Waals surface area contributed by atoms with Crippen molar-refractivity contribution in [3.05, 3.63) is 63.8 Å². The highest BCUT2D eigenvalue weighted by Crippen LogP contribution is 2.50. The fraction of sp³-hybridized carbons (Fsp3) is 0.440. The van der Waals surface area contributed by atoms with Gasteiger partial charge in [0.15, 0.2) is 0 Å². The van der Waals surface area contributed by atoms with Crippen LogP contribution in [0.1, 0.15) is 36.1 Å². The molecule has 2 fully saturated rings. The van der Waals surface area contributed by atoms with E-state index in [4.69, 9.17) is 0 Å². The van der Waals surface area contributed by atoms with E-state index in [-0.39, 0.29) is 5.41 Å². The number of phenols is 1. The van der Waals surface area contributed by atoms with E-state index in [2.05, 4.69) is 50.1 Å². The van der Waals surface area contributed by atoms with Gasteiger partial charge in [0, 0.05) is 39.6 Å². The number of hydrogen-bond acceptors (Lipinski definition) is 2. The lowest BCUT2D eigenvalue weighted by atomic mass is 9.58. The minimum Gasteiger partial charge on any atom is -0.508 e. The summed E-state index contributed by atoms with van der Waals surface area (Å²) in [7, 11) is 0. The third-order valence-electron chi connectivity index (χ3n) is 7.67. The van der Waals surface area contributed by atoms with Gasteiger partial charge in [-0.25, -0.2) is 0 Å². The highest BCUT2D eigenvalue weighted by molar-refractivity contribution is 9.10. The fourth-order valence-corrected chi connectivity index (χ4v) is 6.35. The SMILES string of the molecule is Oc1cccc([C@]23CCN(CC4CC4)CC2Cc2c([nH]c4cc(Br)ccc24)C3)c1. The number of fused-ring (bicyclic) bond motifs is 4. The number of halogens is 1. The maximum absolute atomic E-state index is 10.2. The Morgan fingerprint density at radius 1 is 1.17 bits per heavy atom. The number of piperidine rings is 1. The molecule has 3 aromatic rings. The number of aromatic hydroxyl groups is 1. The molecule has 150 valence electrons. The molecule has 0 spiro atoms. The number of benzene rings is 2. The number of H-pyrrole nitrogens is 1. The number of rotatable bonds is 3. The molecule has 1 aromatic heterocycles. The molecule has 0 amide bonds. The second-order valence-electron chi connectivity index (χ2n) is 9.51. The lowest BCUT2D eigenvalue weighted by molar-refractivity contribution is 0.0783. The molecule has 0 radical (unpaired) electrons. The Kier molecular flexibility index (Phi) is 4.11. The van der Waals surface area contributed by atoms with E-state index in [1.807, 2.05) is 12.1 Å². The van der Waals surface area contributed by atoms with Gasteiger partial charge in [-0.15, -0.1) is 0 Å². The van der Waals surface area contributed by atoms with E-state index < -0.39 is 0 Å². The lowest BCUT2D eigenvalue weighted by Gasteiger charge is -2.51. The smallest absolute Gasteiger partial charge is 0.115 e. The van der Waals surface area contributed by atoms with Crippen molar-refractivity contribution in [3.8, 4) is 5.75 Å². The van der Waals surface area contributed by atoms with Crippen molar-refractivity contribution in [2.24, 2.45) is 11.8 Å². The monoisotopic (exact) mass is 450 g/mol. The van der Waals surface area contributed by atoms with Crippen molar-refractivity contribution < 1.29 is 5.11 Å². The number of likely N-dealkylation sites (tertiary alicyclic amines) is 1. The number of nitrogens with one attached hydrogen (secondary N) is 1. The third-order valence-corrected chi connectivity index (χ3v) is 8.16. The van der Waals surface area contributed by atoms with Crippen LogP contribution >= 0.6 is 15.9 Å².